The van der Waals surface area contributed by atoms with E-state index in [0.29, 0.717) is 9.23 Å². The molecule has 120 valence electrons. The molecule has 0 N–H and O–H groups in total. The van der Waals surface area contributed by atoms with Crippen LogP contribution >= 0.6 is 24.0 Å². The Bertz CT molecular complexity index is 853. The van der Waals surface area contributed by atoms with Gasteiger partial charge in [0.1, 0.15) is 0 Å². The molecule has 1 heterocycles. The molecule has 0 radical (unpaired) electrons. The number of hydrogen-bond donors (Lipinski definition) is 0. The zero-order chi connectivity index (χ0) is 17.1. The number of aryl methyl sites for hydroxylation is 1. The first-order valence-electron chi connectivity index (χ1n) is 7.63. The van der Waals surface area contributed by atoms with E-state index in [1.807, 2.05) is 74.5 Å². The molecule has 0 atom stereocenters. The van der Waals surface area contributed by atoms with Gasteiger partial charge in [0.2, 0.25) is 0 Å². The van der Waals surface area contributed by atoms with Gasteiger partial charge in [0.25, 0.3) is 5.91 Å². The molecule has 1 saturated heterocycles. The van der Waals surface area contributed by atoms with Crippen molar-refractivity contribution in [2.24, 2.45) is 0 Å². The topological polar surface area (TPSA) is 20.3 Å². The van der Waals surface area contributed by atoms with Crippen LogP contribution in [0.1, 0.15) is 18.1 Å². The van der Waals surface area contributed by atoms with Crippen molar-refractivity contribution in [3.05, 3.63) is 82.3 Å². The predicted octanol–water partition coefficient (Wildman–Crippen LogP) is 5.35. The molecule has 0 saturated carbocycles. The molecule has 1 fully saturated rings. The molecule has 1 amide bonds. The third kappa shape index (κ3) is 3.50. The Kier molecular flexibility index (Phi) is 4.97. The Morgan fingerprint density at radius 2 is 1.75 bits per heavy atom. The molecule has 1 aliphatic heterocycles. The number of nitrogens with zero attached hydrogens (tertiary/aromatic N) is 1. The standard InChI is InChI=1S/C20H17NOS2/c1-14(12-16-9-4-3-5-10-16)13-18-19(22)21(20(23)24-18)17-11-7-6-8-15(17)2/h3-13H,1-2H3/b14-12+,18-13-. The maximum atomic E-state index is 12.8. The average Bonchev–Trinajstić information content (AvgIpc) is 2.83. The Labute approximate surface area is 151 Å². The molecule has 0 unspecified atom stereocenters. The summed E-state index contributed by atoms with van der Waals surface area (Å²) in [5.41, 5.74) is 4.02. The Balaban J connectivity index is 1.89. The summed E-state index contributed by atoms with van der Waals surface area (Å²) < 4.78 is 0.577. The number of hydrogen-bond acceptors (Lipinski definition) is 3. The summed E-state index contributed by atoms with van der Waals surface area (Å²) >= 11 is 6.78. The van der Waals surface area contributed by atoms with E-state index in [2.05, 4.69) is 6.08 Å². The van der Waals surface area contributed by atoms with Crippen molar-refractivity contribution in [2.45, 2.75) is 13.8 Å². The second-order valence-electron chi connectivity index (χ2n) is 5.60. The van der Waals surface area contributed by atoms with Gasteiger partial charge in [0.15, 0.2) is 4.32 Å². The van der Waals surface area contributed by atoms with Crippen LogP contribution in [0.5, 0.6) is 0 Å². The fraction of sp³-hybridized carbons (Fsp3) is 0.100. The quantitative estimate of drug-likeness (QED) is 0.549. The van der Waals surface area contributed by atoms with Crippen LogP contribution in [0.4, 0.5) is 5.69 Å². The van der Waals surface area contributed by atoms with E-state index in [-0.39, 0.29) is 5.91 Å². The van der Waals surface area contributed by atoms with Crippen molar-refractivity contribution >= 4 is 46.0 Å². The monoisotopic (exact) mass is 351 g/mol. The molecule has 0 spiro atoms. The average molecular weight is 351 g/mol. The fourth-order valence-electron chi connectivity index (χ4n) is 2.55. The van der Waals surface area contributed by atoms with Gasteiger partial charge in [-0.3, -0.25) is 9.69 Å². The van der Waals surface area contributed by atoms with E-state index in [4.69, 9.17) is 12.2 Å². The Morgan fingerprint density at radius 3 is 2.46 bits per heavy atom. The number of benzene rings is 2. The highest BCUT2D eigenvalue weighted by atomic mass is 32.2. The molecule has 2 nitrogen and oxygen atoms in total. The zero-order valence-corrected chi connectivity index (χ0v) is 15.2. The summed E-state index contributed by atoms with van der Waals surface area (Å²) in [6, 6.07) is 17.8. The normalized spacial score (nSPS) is 17.0. The highest BCUT2D eigenvalue weighted by molar-refractivity contribution is 8.27. The minimum atomic E-state index is -0.0555. The first-order chi connectivity index (χ1) is 11.6. The van der Waals surface area contributed by atoms with Crippen molar-refractivity contribution in [3.8, 4) is 0 Å². The molecule has 2 aromatic carbocycles. The SMILES string of the molecule is CC(/C=C1\SC(=S)N(c2ccccc2C)C1=O)=C\c1ccccc1. The minimum absolute atomic E-state index is 0.0555. The van der Waals surface area contributed by atoms with Gasteiger partial charge in [-0.05, 0) is 42.7 Å². The Hall–Kier alpha value is -2.17. The molecule has 24 heavy (non-hydrogen) atoms. The van der Waals surface area contributed by atoms with Crippen LogP contribution in [-0.2, 0) is 4.79 Å². The lowest BCUT2D eigenvalue weighted by Gasteiger charge is -2.16. The van der Waals surface area contributed by atoms with Gasteiger partial charge >= 0.3 is 0 Å². The number of amides is 1. The van der Waals surface area contributed by atoms with Crippen LogP contribution < -0.4 is 4.90 Å². The summed E-state index contributed by atoms with van der Waals surface area (Å²) in [5, 5.41) is 0. The van der Waals surface area contributed by atoms with Crippen molar-refractivity contribution in [1.29, 1.82) is 0 Å². The molecular formula is C20H17NOS2. The van der Waals surface area contributed by atoms with E-state index in [1.54, 1.807) is 4.90 Å². The summed E-state index contributed by atoms with van der Waals surface area (Å²) in [7, 11) is 0. The van der Waals surface area contributed by atoms with Crippen molar-refractivity contribution in [2.75, 3.05) is 4.90 Å². The van der Waals surface area contributed by atoms with E-state index in [1.165, 1.54) is 11.8 Å². The highest BCUT2D eigenvalue weighted by Gasteiger charge is 2.33. The van der Waals surface area contributed by atoms with Gasteiger partial charge in [0.05, 0.1) is 10.6 Å². The Morgan fingerprint density at radius 1 is 1.08 bits per heavy atom. The molecular weight excluding hydrogens is 334 g/mol. The molecule has 3 rings (SSSR count). The lowest BCUT2D eigenvalue weighted by molar-refractivity contribution is -0.113. The lowest BCUT2D eigenvalue weighted by atomic mass is 10.1. The summed E-state index contributed by atoms with van der Waals surface area (Å²) in [4.78, 5) is 15.1. The van der Waals surface area contributed by atoms with Gasteiger partial charge in [0, 0.05) is 0 Å². The molecule has 0 bridgehead atoms. The van der Waals surface area contributed by atoms with E-state index in [9.17, 15) is 4.79 Å². The molecule has 4 heteroatoms. The first kappa shape index (κ1) is 16.7. The number of thiocarbonyl (C=S) groups is 1. The minimum Gasteiger partial charge on any atom is -0.268 e. The summed E-state index contributed by atoms with van der Waals surface area (Å²) in [6.45, 7) is 3.98. The number of anilines is 1. The molecule has 1 aliphatic rings. The first-order valence-corrected chi connectivity index (χ1v) is 8.85. The second-order valence-corrected chi connectivity index (χ2v) is 7.28. The second kappa shape index (κ2) is 7.16. The molecule has 0 aliphatic carbocycles. The van der Waals surface area contributed by atoms with Crippen LogP contribution in [0.15, 0.2) is 71.2 Å². The van der Waals surface area contributed by atoms with Crippen LogP contribution in [-0.4, -0.2) is 10.2 Å². The van der Waals surface area contributed by atoms with Gasteiger partial charge in [-0.15, -0.1) is 0 Å². The lowest BCUT2D eigenvalue weighted by Crippen LogP contribution is -2.28. The van der Waals surface area contributed by atoms with Crippen LogP contribution in [0.3, 0.4) is 0 Å². The number of carbonyl (C=O) groups is 1. The zero-order valence-electron chi connectivity index (χ0n) is 13.5. The number of rotatable bonds is 3. The van der Waals surface area contributed by atoms with Gasteiger partial charge < -0.3 is 0 Å². The summed E-state index contributed by atoms with van der Waals surface area (Å²) in [6.07, 6.45) is 3.96. The van der Waals surface area contributed by atoms with Crippen molar-refractivity contribution < 1.29 is 4.79 Å². The fourth-order valence-corrected chi connectivity index (χ4v) is 3.89. The third-order valence-corrected chi connectivity index (χ3v) is 5.00. The number of para-hydroxylation sites is 1. The molecule has 2 aromatic rings. The highest BCUT2D eigenvalue weighted by Crippen LogP contribution is 2.36. The summed E-state index contributed by atoms with van der Waals surface area (Å²) in [5.74, 6) is -0.0555. The number of carbonyl (C=O) groups excluding carboxylic acids is 1. The van der Waals surface area contributed by atoms with Crippen molar-refractivity contribution in [1.82, 2.24) is 0 Å². The largest absolute Gasteiger partial charge is 0.270 e. The van der Waals surface area contributed by atoms with Crippen LogP contribution in [0.2, 0.25) is 0 Å². The smallest absolute Gasteiger partial charge is 0.268 e. The number of thioether (sulfide) groups is 1. The van der Waals surface area contributed by atoms with Gasteiger partial charge in [-0.25, -0.2) is 0 Å². The van der Waals surface area contributed by atoms with Gasteiger partial charge in [-0.1, -0.05) is 78.6 Å². The predicted molar refractivity (Wildman–Crippen MR) is 107 cm³/mol. The molecule has 0 aromatic heterocycles. The van der Waals surface area contributed by atoms with E-state index >= 15 is 0 Å². The third-order valence-electron chi connectivity index (χ3n) is 3.70. The van der Waals surface area contributed by atoms with E-state index in [0.717, 1.165) is 22.4 Å². The van der Waals surface area contributed by atoms with Gasteiger partial charge in [-0.2, -0.15) is 0 Å². The van der Waals surface area contributed by atoms with Crippen LogP contribution in [0, 0.1) is 6.92 Å². The van der Waals surface area contributed by atoms with Crippen molar-refractivity contribution in [3.63, 3.8) is 0 Å². The maximum absolute atomic E-state index is 12.8. The van der Waals surface area contributed by atoms with Crippen LogP contribution in [0.25, 0.3) is 6.08 Å². The maximum Gasteiger partial charge on any atom is 0.270 e. The van der Waals surface area contributed by atoms with E-state index < -0.39 is 0 Å². The number of allylic oxidation sites excluding steroid dienone is 2.